The molecule has 118 valence electrons. The first kappa shape index (κ1) is 17.1. The standard InChI is InChI=1S/C12H12BrClF3NO2S/c13-9-1-2-11(10(14)7-9)21(19,20)18-5-3-8(4-6-18)12(15,16)17/h1-2,7-8H,3-6H2. The zero-order valence-corrected chi connectivity index (χ0v) is 13.9. The Morgan fingerprint density at radius 3 is 2.29 bits per heavy atom. The highest BCUT2D eigenvalue weighted by Gasteiger charge is 2.43. The fourth-order valence-electron chi connectivity index (χ4n) is 2.25. The SMILES string of the molecule is O=S(=O)(c1ccc(Br)cc1Cl)N1CCC(C(F)(F)F)CC1. The molecule has 1 aromatic rings. The smallest absolute Gasteiger partial charge is 0.207 e. The molecule has 9 heteroatoms. The van der Waals surface area contributed by atoms with Crippen LogP contribution in [-0.4, -0.2) is 32.0 Å². The van der Waals surface area contributed by atoms with Crippen molar-refractivity contribution < 1.29 is 21.6 Å². The van der Waals surface area contributed by atoms with E-state index < -0.39 is 22.1 Å². The molecule has 0 spiro atoms. The number of piperidine rings is 1. The predicted molar refractivity (Wildman–Crippen MR) is 76.7 cm³/mol. The van der Waals surface area contributed by atoms with Gasteiger partial charge in [-0.3, -0.25) is 0 Å². The van der Waals surface area contributed by atoms with E-state index in [1.807, 2.05) is 0 Å². The van der Waals surface area contributed by atoms with Gasteiger partial charge in [0.1, 0.15) is 4.90 Å². The number of nitrogens with zero attached hydrogens (tertiary/aromatic N) is 1. The van der Waals surface area contributed by atoms with E-state index in [-0.39, 0.29) is 35.8 Å². The summed E-state index contributed by atoms with van der Waals surface area (Å²) in [5.41, 5.74) is 0. The Morgan fingerprint density at radius 2 is 1.81 bits per heavy atom. The molecule has 1 saturated heterocycles. The van der Waals surface area contributed by atoms with Gasteiger partial charge >= 0.3 is 6.18 Å². The molecule has 0 saturated carbocycles. The average molecular weight is 407 g/mol. The van der Waals surface area contributed by atoms with Gasteiger partial charge in [-0.2, -0.15) is 17.5 Å². The molecule has 0 unspecified atom stereocenters. The van der Waals surface area contributed by atoms with Crippen molar-refractivity contribution in [3.8, 4) is 0 Å². The summed E-state index contributed by atoms with van der Waals surface area (Å²) in [6, 6.07) is 4.32. The maximum Gasteiger partial charge on any atom is 0.391 e. The Balaban J connectivity index is 2.19. The van der Waals surface area contributed by atoms with Gasteiger partial charge in [0.2, 0.25) is 10.0 Å². The average Bonchev–Trinajstić information content (AvgIpc) is 2.37. The van der Waals surface area contributed by atoms with E-state index in [9.17, 15) is 21.6 Å². The highest BCUT2D eigenvalue weighted by Crippen LogP contribution is 2.36. The van der Waals surface area contributed by atoms with E-state index in [4.69, 9.17) is 11.6 Å². The fourth-order valence-corrected chi connectivity index (χ4v) is 4.73. The lowest BCUT2D eigenvalue weighted by atomic mass is 9.98. The van der Waals surface area contributed by atoms with Crippen molar-refractivity contribution in [3.05, 3.63) is 27.7 Å². The molecule has 3 nitrogen and oxygen atoms in total. The van der Waals surface area contributed by atoms with E-state index in [1.165, 1.54) is 18.2 Å². The highest BCUT2D eigenvalue weighted by atomic mass is 79.9. The van der Waals surface area contributed by atoms with Crippen LogP contribution in [-0.2, 0) is 10.0 Å². The number of hydrogen-bond acceptors (Lipinski definition) is 2. The van der Waals surface area contributed by atoms with Gasteiger partial charge in [-0.25, -0.2) is 8.42 Å². The Kier molecular flexibility index (Phi) is 4.92. The van der Waals surface area contributed by atoms with Gasteiger partial charge in [0.25, 0.3) is 0 Å². The lowest BCUT2D eigenvalue weighted by molar-refractivity contribution is -0.182. The van der Waals surface area contributed by atoms with E-state index >= 15 is 0 Å². The van der Waals surface area contributed by atoms with Crippen molar-refractivity contribution in [2.45, 2.75) is 23.9 Å². The molecule has 0 aromatic heterocycles. The number of hydrogen-bond donors (Lipinski definition) is 0. The van der Waals surface area contributed by atoms with E-state index in [0.717, 1.165) is 4.31 Å². The second-order valence-electron chi connectivity index (χ2n) is 4.79. The van der Waals surface area contributed by atoms with Gasteiger partial charge in [-0.05, 0) is 31.0 Å². The first-order chi connectivity index (χ1) is 9.62. The Bertz CT molecular complexity index is 628. The number of halogens is 5. The number of alkyl halides is 3. The van der Waals surface area contributed by atoms with Crippen LogP contribution < -0.4 is 0 Å². The molecular weight excluding hydrogens is 395 g/mol. The summed E-state index contributed by atoms with van der Waals surface area (Å²) in [6.07, 6.45) is -4.72. The van der Waals surface area contributed by atoms with Gasteiger partial charge in [0, 0.05) is 17.6 Å². The van der Waals surface area contributed by atoms with E-state index in [0.29, 0.717) is 4.47 Å². The Morgan fingerprint density at radius 1 is 1.24 bits per heavy atom. The lowest BCUT2D eigenvalue weighted by Gasteiger charge is -2.32. The minimum atomic E-state index is -4.27. The van der Waals surface area contributed by atoms with Crippen LogP contribution in [0, 0.1) is 5.92 Å². The van der Waals surface area contributed by atoms with Crippen molar-refractivity contribution in [2.75, 3.05) is 13.1 Å². The van der Waals surface area contributed by atoms with Crippen LogP contribution in [0.25, 0.3) is 0 Å². The van der Waals surface area contributed by atoms with Crippen LogP contribution in [0.3, 0.4) is 0 Å². The maximum absolute atomic E-state index is 12.6. The zero-order valence-electron chi connectivity index (χ0n) is 10.7. The third-order valence-corrected chi connectivity index (χ3v) is 6.30. The maximum atomic E-state index is 12.6. The molecule has 0 N–H and O–H groups in total. The van der Waals surface area contributed by atoms with Crippen molar-refractivity contribution in [2.24, 2.45) is 5.92 Å². The minimum Gasteiger partial charge on any atom is -0.207 e. The molecule has 0 atom stereocenters. The molecule has 0 bridgehead atoms. The first-order valence-electron chi connectivity index (χ1n) is 6.14. The minimum absolute atomic E-state index is 0.0438. The van der Waals surface area contributed by atoms with Gasteiger partial charge < -0.3 is 0 Å². The predicted octanol–water partition coefficient (Wildman–Crippen LogP) is 4.07. The molecule has 1 heterocycles. The van der Waals surface area contributed by atoms with Crippen molar-refractivity contribution in [3.63, 3.8) is 0 Å². The molecule has 1 fully saturated rings. The van der Waals surface area contributed by atoms with Gasteiger partial charge in [-0.15, -0.1) is 0 Å². The Labute approximate surface area is 134 Å². The summed E-state index contributed by atoms with van der Waals surface area (Å²) in [5.74, 6) is -1.44. The van der Waals surface area contributed by atoms with Gasteiger partial charge in [-0.1, -0.05) is 27.5 Å². The molecule has 2 rings (SSSR count). The van der Waals surface area contributed by atoms with Crippen LogP contribution in [0.1, 0.15) is 12.8 Å². The summed E-state index contributed by atoms with van der Waals surface area (Å²) in [6.45, 7) is -0.308. The van der Waals surface area contributed by atoms with E-state index in [2.05, 4.69) is 15.9 Å². The van der Waals surface area contributed by atoms with Crippen LogP contribution in [0.2, 0.25) is 5.02 Å². The summed E-state index contributed by atoms with van der Waals surface area (Å²) in [4.78, 5) is -0.0853. The topological polar surface area (TPSA) is 37.4 Å². The zero-order chi connectivity index (χ0) is 15.8. The Hall–Kier alpha value is -0.310. The number of sulfonamides is 1. The fraction of sp³-hybridized carbons (Fsp3) is 0.500. The monoisotopic (exact) mass is 405 g/mol. The number of benzene rings is 1. The third kappa shape index (κ3) is 3.72. The summed E-state index contributed by atoms with van der Waals surface area (Å²) < 4.78 is 64.3. The molecular formula is C12H12BrClF3NO2S. The number of rotatable bonds is 2. The molecule has 0 radical (unpaired) electrons. The molecule has 1 aliphatic rings. The van der Waals surface area contributed by atoms with Crippen molar-refractivity contribution >= 4 is 37.6 Å². The third-order valence-electron chi connectivity index (χ3n) is 3.43. The van der Waals surface area contributed by atoms with Crippen molar-refractivity contribution in [1.82, 2.24) is 4.31 Å². The van der Waals surface area contributed by atoms with Gasteiger partial charge in [0.15, 0.2) is 0 Å². The normalized spacial score (nSPS) is 18.9. The van der Waals surface area contributed by atoms with Crippen LogP contribution in [0.4, 0.5) is 13.2 Å². The highest BCUT2D eigenvalue weighted by molar-refractivity contribution is 9.10. The molecule has 21 heavy (non-hydrogen) atoms. The molecule has 1 aliphatic heterocycles. The van der Waals surface area contributed by atoms with Crippen molar-refractivity contribution in [1.29, 1.82) is 0 Å². The van der Waals surface area contributed by atoms with Crippen LogP contribution >= 0.6 is 27.5 Å². The van der Waals surface area contributed by atoms with Gasteiger partial charge in [0.05, 0.1) is 10.9 Å². The largest absolute Gasteiger partial charge is 0.391 e. The second-order valence-corrected chi connectivity index (χ2v) is 8.02. The summed E-state index contributed by atoms with van der Waals surface area (Å²) in [5, 5.41) is 0.0438. The first-order valence-corrected chi connectivity index (χ1v) is 8.75. The lowest BCUT2D eigenvalue weighted by Crippen LogP contribution is -2.42. The van der Waals surface area contributed by atoms with Crippen LogP contribution in [0.5, 0.6) is 0 Å². The summed E-state index contributed by atoms with van der Waals surface area (Å²) in [7, 11) is -3.87. The molecule has 0 amide bonds. The van der Waals surface area contributed by atoms with Crippen LogP contribution in [0.15, 0.2) is 27.6 Å². The molecule has 1 aromatic carbocycles. The second kappa shape index (κ2) is 6.06. The quantitative estimate of drug-likeness (QED) is 0.742. The molecule has 0 aliphatic carbocycles. The summed E-state index contributed by atoms with van der Waals surface area (Å²) >= 11 is 9.09. The van der Waals surface area contributed by atoms with E-state index in [1.54, 1.807) is 0 Å².